The van der Waals surface area contributed by atoms with E-state index in [0.29, 0.717) is 28.5 Å². The Morgan fingerprint density at radius 2 is 1.93 bits per heavy atom. The standard InChI is InChI=1S/C33H32FN6O2PS/c1-17-12-22(10-11-25(17)42-19(3)34)29-28-31(35-4)36-16-37-32(28)40(38-29)30(20-8-9-20)24-14-26-39(18(2)15-44-26)33(41)27(24)21-6-5-7-23(43)13-21/h5-7,10-16,19-20,30H,8-9,43H2,1-4H3,(H,35,36,37)/t19?,30-/m0/s1. The second-order valence-corrected chi connectivity index (χ2v) is 12.9. The number of hydrogen-bond acceptors (Lipinski definition) is 7. The van der Waals surface area contributed by atoms with Crippen molar-refractivity contribution in [2.45, 2.75) is 46.0 Å². The van der Waals surface area contributed by atoms with Crippen molar-refractivity contribution in [2.75, 3.05) is 12.4 Å². The van der Waals surface area contributed by atoms with Gasteiger partial charge < -0.3 is 10.1 Å². The highest BCUT2D eigenvalue weighted by molar-refractivity contribution is 7.27. The Morgan fingerprint density at radius 1 is 1.11 bits per heavy atom. The molecule has 0 saturated heterocycles. The van der Waals surface area contributed by atoms with Gasteiger partial charge in [0.25, 0.3) is 5.56 Å². The summed E-state index contributed by atoms with van der Waals surface area (Å²) in [6, 6.07) is 15.6. The molecule has 1 N–H and O–H groups in total. The molecule has 1 aliphatic carbocycles. The van der Waals surface area contributed by atoms with Crippen molar-refractivity contribution >= 4 is 47.6 Å². The Bertz CT molecular complexity index is 2120. The summed E-state index contributed by atoms with van der Waals surface area (Å²) < 4.78 is 22.8. The van der Waals surface area contributed by atoms with E-state index in [1.807, 2.05) is 71.8 Å². The third kappa shape index (κ3) is 4.86. The Labute approximate surface area is 260 Å². The first-order chi connectivity index (χ1) is 21.2. The Kier molecular flexibility index (Phi) is 7.22. The molecule has 44 heavy (non-hydrogen) atoms. The summed E-state index contributed by atoms with van der Waals surface area (Å²) in [7, 11) is 4.57. The molecule has 8 nitrogen and oxygen atoms in total. The molecule has 4 aromatic heterocycles. The smallest absolute Gasteiger partial charge is 0.264 e. The van der Waals surface area contributed by atoms with Crippen LogP contribution in [0.4, 0.5) is 10.2 Å². The van der Waals surface area contributed by atoms with Crippen LogP contribution in [0.1, 0.15) is 42.6 Å². The van der Waals surface area contributed by atoms with Crippen molar-refractivity contribution < 1.29 is 9.13 Å². The molecular weight excluding hydrogens is 594 g/mol. The monoisotopic (exact) mass is 626 g/mol. The summed E-state index contributed by atoms with van der Waals surface area (Å²) in [5.74, 6) is 1.42. The largest absolute Gasteiger partial charge is 0.460 e. The van der Waals surface area contributed by atoms with Gasteiger partial charge in [-0.3, -0.25) is 9.20 Å². The molecule has 2 unspecified atom stereocenters. The van der Waals surface area contributed by atoms with Gasteiger partial charge in [0.1, 0.15) is 28.4 Å². The number of thiazole rings is 1. The van der Waals surface area contributed by atoms with Gasteiger partial charge in [-0.2, -0.15) is 5.10 Å². The number of nitrogens with zero attached hydrogens (tertiary/aromatic N) is 5. The highest BCUT2D eigenvalue weighted by Crippen LogP contribution is 2.48. The minimum Gasteiger partial charge on any atom is -0.460 e. The van der Waals surface area contributed by atoms with Crippen LogP contribution in [-0.4, -0.2) is 37.6 Å². The van der Waals surface area contributed by atoms with Gasteiger partial charge in [-0.1, -0.05) is 18.2 Å². The molecule has 7 rings (SSSR count). The fourth-order valence-electron chi connectivity index (χ4n) is 6.10. The van der Waals surface area contributed by atoms with Crippen molar-refractivity contribution in [3.8, 4) is 28.1 Å². The van der Waals surface area contributed by atoms with Crippen LogP contribution in [0, 0.1) is 19.8 Å². The lowest BCUT2D eigenvalue weighted by Gasteiger charge is -2.22. The van der Waals surface area contributed by atoms with Gasteiger partial charge in [0, 0.05) is 30.6 Å². The number of aromatic nitrogens is 5. The topological polar surface area (TPSA) is 86.3 Å². The van der Waals surface area contributed by atoms with Gasteiger partial charge in [0.05, 0.1) is 17.0 Å². The van der Waals surface area contributed by atoms with E-state index in [2.05, 4.69) is 25.6 Å². The van der Waals surface area contributed by atoms with Crippen LogP contribution in [0.2, 0.25) is 0 Å². The highest BCUT2D eigenvalue weighted by Gasteiger charge is 2.39. The third-order valence-electron chi connectivity index (χ3n) is 8.20. The van der Waals surface area contributed by atoms with Crippen LogP contribution in [0.25, 0.3) is 38.2 Å². The van der Waals surface area contributed by atoms with E-state index in [1.54, 1.807) is 23.7 Å². The lowest BCUT2D eigenvalue weighted by Crippen LogP contribution is -2.23. The van der Waals surface area contributed by atoms with Crippen LogP contribution in [0.5, 0.6) is 5.75 Å². The van der Waals surface area contributed by atoms with Crippen molar-refractivity contribution in [3.63, 3.8) is 0 Å². The van der Waals surface area contributed by atoms with Crippen LogP contribution >= 0.6 is 20.6 Å². The average molecular weight is 627 g/mol. The normalized spacial score (nSPS) is 14.7. The number of benzene rings is 2. The van der Waals surface area contributed by atoms with Crippen molar-refractivity contribution in [2.24, 2.45) is 5.92 Å². The summed E-state index contributed by atoms with van der Waals surface area (Å²) in [6.07, 6.45) is 2.16. The zero-order valence-electron chi connectivity index (χ0n) is 24.8. The van der Waals surface area contributed by atoms with Crippen molar-refractivity contribution in [1.82, 2.24) is 24.1 Å². The molecule has 0 amide bonds. The summed E-state index contributed by atoms with van der Waals surface area (Å²) >= 11 is 1.57. The highest BCUT2D eigenvalue weighted by atomic mass is 32.1. The third-order valence-corrected chi connectivity index (χ3v) is 9.56. The zero-order valence-corrected chi connectivity index (χ0v) is 26.8. The molecule has 2 aromatic carbocycles. The number of pyridine rings is 1. The number of fused-ring (bicyclic) bond motifs is 2. The molecule has 0 radical (unpaired) electrons. The molecule has 1 saturated carbocycles. The molecule has 1 fully saturated rings. The molecule has 3 atom stereocenters. The van der Waals surface area contributed by atoms with Crippen LogP contribution < -0.4 is 20.9 Å². The summed E-state index contributed by atoms with van der Waals surface area (Å²) in [5.41, 5.74) is 6.39. The molecule has 0 spiro atoms. The predicted molar refractivity (Wildman–Crippen MR) is 178 cm³/mol. The minimum absolute atomic E-state index is 0.0342. The number of halogens is 1. The summed E-state index contributed by atoms with van der Waals surface area (Å²) in [4.78, 5) is 24.5. The first kappa shape index (κ1) is 28.6. The number of anilines is 1. The quantitative estimate of drug-likeness (QED) is 0.190. The Balaban J connectivity index is 1.50. The van der Waals surface area contributed by atoms with Gasteiger partial charge in [0.2, 0.25) is 6.36 Å². The van der Waals surface area contributed by atoms with Gasteiger partial charge >= 0.3 is 0 Å². The molecule has 4 heterocycles. The molecule has 224 valence electrons. The van der Waals surface area contributed by atoms with E-state index in [9.17, 15) is 9.18 Å². The average Bonchev–Trinajstić information content (AvgIpc) is 3.65. The SMILES string of the molecule is CNc1ncnc2c1c(-c1ccc(OC(C)F)c(C)c1)nn2[C@H](c1cc2scc(C)n2c(=O)c1-c1cccc(P)c1)C1CC1. The molecule has 0 aliphatic heterocycles. The number of aryl methyl sites for hydroxylation is 2. The van der Waals surface area contributed by atoms with E-state index < -0.39 is 6.36 Å². The number of ether oxygens (including phenoxy) is 1. The van der Waals surface area contributed by atoms with Gasteiger partial charge in [-0.15, -0.1) is 20.6 Å². The second-order valence-electron chi connectivity index (χ2n) is 11.3. The molecule has 0 bridgehead atoms. The fourth-order valence-corrected chi connectivity index (χ4v) is 7.32. The first-order valence-electron chi connectivity index (χ1n) is 14.6. The van der Waals surface area contributed by atoms with E-state index in [-0.39, 0.29) is 17.5 Å². The number of nitrogens with one attached hydrogen (secondary N) is 1. The molecular formula is C33H32FN6O2PS. The maximum absolute atomic E-state index is 14.3. The zero-order chi connectivity index (χ0) is 30.7. The molecule has 11 heteroatoms. The van der Waals surface area contributed by atoms with Crippen LogP contribution in [0.15, 0.2) is 65.0 Å². The number of rotatable bonds is 8. The van der Waals surface area contributed by atoms with Crippen LogP contribution in [-0.2, 0) is 0 Å². The lowest BCUT2D eigenvalue weighted by molar-refractivity contribution is 0.0853. The van der Waals surface area contributed by atoms with Gasteiger partial charge in [0.15, 0.2) is 5.65 Å². The molecule has 1 aliphatic rings. The second kappa shape index (κ2) is 11.1. The van der Waals surface area contributed by atoms with Gasteiger partial charge in [-0.25, -0.2) is 19.0 Å². The van der Waals surface area contributed by atoms with Crippen LogP contribution in [0.3, 0.4) is 0 Å². The maximum Gasteiger partial charge on any atom is 0.264 e. The Morgan fingerprint density at radius 3 is 2.64 bits per heavy atom. The van der Waals surface area contributed by atoms with Crippen molar-refractivity contribution in [3.05, 3.63) is 87.4 Å². The van der Waals surface area contributed by atoms with E-state index >= 15 is 0 Å². The minimum atomic E-state index is -1.42. The maximum atomic E-state index is 14.3. The van der Waals surface area contributed by atoms with Crippen molar-refractivity contribution in [1.29, 1.82) is 0 Å². The summed E-state index contributed by atoms with van der Waals surface area (Å²) in [5, 5.41) is 12.3. The first-order valence-corrected chi connectivity index (χ1v) is 16.0. The van der Waals surface area contributed by atoms with Gasteiger partial charge in [-0.05, 0) is 84.9 Å². The number of alkyl halides is 1. The summed E-state index contributed by atoms with van der Waals surface area (Å²) in [6.45, 7) is 5.22. The molecule has 6 aromatic rings. The lowest BCUT2D eigenvalue weighted by atomic mass is 9.93. The van der Waals surface area contributed by atoms with E-state index in [4.69, 9.17) is 14.8 Å². The van der Waals surface area contributed by atoms with E-state index in [1.165, 1.54) is 6.92 Å². The Hall–Kier alpha value is -4.14. The van der Waals surface area contributed by atoms with E-state index in [0.717, 1.165) is 56.3 Å². The predicted octanol–water partition coefficient (Wildman–Crippen LogP) is 6.69. The number of hydrogen-bond donors (Lipinski definition) is 1. The fraction of sp³-hybridized carbons (Fsp3) is 0.273.